The summed E-state index contributed by atoms with van der Waals surface area (Å²) in [5.41, 5.74) is 6.85. The van der Waals surface area contributed by atoms with Gasteiger partial charge in [-0.2, -0.15) is 0 Å². The second-order valence-corrected chi connectivity index (χ2v) is 4.16. The molecule has 0 unspecified atom stereocenters. The van der Waals surface area contributed by atoms with E-state index >= 15 is 0 Å². The maximum atomic E-state index is 11.9. The number of nitrogen functional groups attached to an aromatic ring is 1. The SMILES string of the molecule is Nc1ccc(Cl)cc1C(=O)C1CCC1. The lowest BCUT2D eigenvalue weighted by molar-refractivity contribution is 0.0856. The maximum Gasteiger partial charge on any atom is 0.168 e. The topological polar surface area (TPSA) is 43.1 Å². The summed E-state index contributed by atoms with van der Waals surface area (Å²) in [6, 6.07) is 5.06. The Morgan fingerprint density at radius 2 is 2.14 bits per heavy atom. The molecule has 3 heteroatoms. The van der Waals surface area contributed by atoms with Crippen molar-refractivity contribution in [1.82, 2.24) is 0 Å². The molecule has 0 spiro atoms. The molecule has 1 aromatic rings. The summed E-state index contributed by atoms with van der Waals surface area (Å²) in [6.45, 7) is 0. The van der Waals surface area contributed by atoms with Crippen molar-refractivity contribution in [2.75, 3.05) is 5.73 Å². The van der Waals surface area contributed by atoms with Crippen molar-refractivity contribution < 1.29 is 4.79 Å². The number of nitrogens with two attached hydrogens (primary N) is 1. The molecule has 0 amide bonds. The third-order valence-electron chi connectivity index (χ3n) is 2.76. The molecule has 2 N–H and O–H groups in total. The molecule has 0 atom stereocenters. The molecule has 1 aliphatic carbocycles. The normalized spacial score (nSPS) is 16.4. The van der Waals surface area contributed by atoms with Gasteiger partial charge in [0.05, 0.1) is 0 Å². The summed E-state index contributed by atoms with van der Waals surface area (Å²) in [5.74, 6) is 0.326. The molecule has 0 heterocycles. The minimum atomic E-state index is 0.149. The first-order valence-corrected chi connectivity index (χ1v) is 5.15. The summed E-state index contributed by atoms with van der Waals surface area (Å²) in [7, 11) is 0. The highest BCUT2D eigenvalue weighted by atomic mass is 35.5. The number of anilines is 1. The molecule has 0 aliphatic heterocycles. The Labute approximate surface area is 88.1 Å². The molecule has 1 fully saturated rings. The number of halogens is 1. The Kier molecular flexibility index (Phi) is 2.46. The summed E-state index contributed by atoms with van der Waals surface area (Å²) in [5, 5.41) is 0.571. The number of Topliss-reactive ketones (excluding diaryl/α,β-unsaturated/α-hetero) is 1. The number of rotatable bonds is 2. The van der Waals surface area contributed by atoms with Gasteiger partial charge < -0.3 is 5.73 Å². The first kappa shape index (κ1) is 9.53. The second kappa shape index (κ2) is 3.62. The Hall–Kier alpha value is -1.02. The summed E-state index contributed by atoms with van der Waals surface area (Å²) < 4.78 is 0. The van der Waals surface area contributed by atoms with E-state index in [0.29, 0.717) is 16.3 Å². The van der Waals surface area contributed by atoms with Crippen LogP contribution in [0.15, 0.2) is 18.2 Å². The van der Waals surface area contributed by atoms with Gasteiger partial charge in [-0.1, -0.05) is 18.0 Å². The van der Waals surface area contributed by atoms with Gasteiger partial charge >= 0.3 is 0 Å². The number of hydrogen-bond acceptors (Lipinski definition) is 2. The van der Waals surface area contributed by atoms with Gasteiger partial charge in [0.15, 0.2) is 5.78 Å². The third kappa shape index (κ3) is 1.62. The van der Waals surface area contributed by atoms with E-state index in [0.717, 1.165) is 19.3 Å². The molecule has 2 rings (SSSR count). The van der Waals surface area contributed by atoms with Gasteiger partial charge in [-0.25, -0.2) is 0 Å². The molecule has 14 heavy (non-hydrogen) atoms. The van der Waals surface area contributed by atoms with Crippen LogP contribution in [0.1, 0.15) is 29.6 Å². The van der Waals surface area contributed by atoms with Crippen LogP contribution in [-0.2, 0) is 0 Å². The van der Waals surface area contributed by atoms with Crippen molar-refractivity contribution in [2.45, 2.75) is 19.3 Å². The van der Waals surface area contributed by atoms with Crippen LogP contribution in [-0.4, -0.2) is 5.78 Å². The summed E-state index contributed by atoms with van der Waals surface area (Å²) in [6.07, 6.45) is 3.13. The van der Waals surface area contributed by atoms with Gasteiger partial charge in [-0.05, 0) is 31.0 Å². The van der Waals surface area contributed by atoms with Crippen molar-refractivity contribution in [3.05, 3.63) is 28.8 Å². The predicted molar refractivity (Wildman–Crippen MR) is 57.5 cm³/mol. The number of carbonyl (C=O) groups is 1. The molecule has 0 aromatic heterocycles. The van der Waals surface area contributed by atoms with Crippen molar-refractivity contribution >= 4 is 23.1 Å². The Morgan fingerprint density at radius 3 is 2.71 bits per heavy atom. The van der Waals surface area contributed by atoms with E-state index in [-0.39, 0.29) is 11.7 Å². The largest absolute Gasteiger partial charge is 0.398 e. The van der Waals surface area contributed by atoms with Gasteiger partial charge in [0.1, 0.15) is 0 Å². The molecule has 2 nitrogen and oxygen atoms in total. The van der Waals surface area contributed by atoms with Crippen LogP contribution in [0.3, 0.4) is 0 Å². The van der Waals surface area contributed by atoms with Gasteiger partial charge in [-0.3, -0.25) is 4.79 Å². The fraction of sp³-hybridized carbons (Fsp3) is 0.364. The van der Waals surface area contributed by atoms with E-state index < -0.39 is 0 Å². The van der Waals surface area contributed by atoms with Crippen LogP contribution in [0.5, 0.6) is 0 Å². The van der Waals surface area contributed by atoms with E-state index in [1.54, 1.807) is 18.2 Å². The third-order valence-corrected chi connectivity index (χ3v) is 2.99. The highest BCUT2D eigenvalue weighted by Gasteiger charge is 2.27. The van der Waals surface area contributed by atoms with Crippen molar-refractivity contribution in [2.24, 2.45) is 5.92 Å². The number of benzene rings is 1. The second-order valence-electron chi connectivity index (χ2n) is 3.72. The Bertz CT molecular complexity index is 372. The molecule has 1 aromatic carbocycles. The monoisotopic (exact) mass is 209 g/mol. The van der Waals surface area contributed by atoms with E-state index in [1.807, 2.05) is 0 Å². The van der Waals surface area contributed by atoms with E-state index in [1.165, 1.54) is 0 Å². The average molecular weight is 210 g/mol. The van der Waals surface area contributed by atoms with Gasteiger partial charge in [-0.15, -0.1) is 0 Å². The molecular weight excluding hydrogens is 198 g/mol. The van der Waals surface area contributed by atoms with E-state index in [9.17, 15) is 4.79 Å². The molecule has 1 saturated carbocycles. The summed E-state index contributed by atoms with van der Waals surface area (Å²) >= 11 is 5.82. The quantitative estimate of drug-likeness (QED) is 0.601. The fourth-order valence-electron chi connectivity index (χ4n) is 1.63. The highest BCUT2D eigenvalue weighted by molar-refractivity contribution is 6.31. The van der Waals surface area contributed by atoms with Crippen LogP contribution < -0.4 is 5.73 Å². The minimum Gasteiger partial charge on any atom is -0.398 e. The van der Waals surface area contributed by atoms with Crippen molar-refractivity contribution in [3.63, 3.8) is 0 Å². The average Bonchev–Trinajstić information content (AvgIpc) is 2.06. The Balaban J connectivity index is 2.29. The first-order chi connectivity index (χ1) is 6.68. The molecule has 0 saturated heterocycles. The Morgan fingerprint density at radius 1 is 1.43 bits per heavy atom. The minimum absolute atomic E-state index is 0.149. The zero-order valence-corrected chi connectivity index (χ0v) is 8.55. The molecule has 0 radical (unpaired) electrons. The smallest absolute Gasteiger partial charge is 0.168 e. The van der Waals surface area contributed by atoms with Crippen molar-refractivity contribution in [3.8, 4) is 0 Å². The lowest BCUT2D eigenvalue weighted by Crippen LogP contribution is -2.22. The van der Waals surface area contributed by atoms with Gasteiger partial charge in [0.25, 0.3) is 0 Å². The zero-order valence-electron chi connectivity index (χ0n) is 7.79. The van der Waals surface area contributed by atoms with Crippen molar-refractivity contribution in [1.29, 1.82) is 0 Å². The zero-order chi connectivity index (χ0) is 10.1. The van der Waals surface area contributed by atoms with Crippen LogP contribution >= 0.6 is 11.6 Å². The number of carbonyl (C=O) groups excluding carboxylic acids is 1. The van der Waals surface area contributed by atoms with E-state index in [4.69, 9.17) is 17.3 Å². The highest BCUT2D eigenvalue weighted by Crippen LogP contribution is 2.32. The molecule has 1 aliphatic rings. The predicted octanol–water partition coefficient (Wildman–Crippen LogP) is 2.91. The van der Waals surface area contributed by atoms with E-state index in [2.05, 4.69) is 0 Å². The van der Waals surface area contributed by atoms with Crippen LogP contribution in [0.2, 0.25) is 5.02 Å². The number of ketones is 1. The molecule has 74 valence electrons. The molecular formula is C11H12ClNO. The number of hydrogen-bond donors (Lipinski definition) is 1. The maximum absolute atomic E-state index is 11.9. The standard InChI is InChI=1S/C11H12ClNO/c12-8-4-5-10(13)9(6-8)11(14)7-2-1-3-7/h4-7H,1-3,13H2. The molecule has 0 bridgehead atoms. The first-order valence-electron chi connectivity index (χ1n) is 4.77. The fourth-order valence-corrected chi connectivity index (χ4v) is 1.80. The van der Waals surface area contributed by atoms with Crippen LogP contribution in [0.25, 0.3) is 0 Å². The lowest BCUT2D eigenvalue weighted by Gasteiger charge is -2.24. The van der Waals surface area contributed by atoms with Gasteiger partial charge in [0, 0.05) is 22.2 Å². The van der Waals surface area contributed by atoms with Gasteiger partial charge in [0.2, 0.25) is 0 Å². The lowest BCUT2D eigenvalue weighted by atomic mass is 9.79. The summed E-state index contributed by atoms with van der Waals surface area (Å²) in [4.78, 5) is 11.9. The van der Waals surface area contributed by atoms with Crippen LogP contribution in [0, 0.1) is 5.92 Å². The van der Waals surface area contributed by atoms with Crippen LogP contribution in [0.4, 0.5) is 5.69 Å².